The molecule has 1 aromatic heterocycles. The van der Waals surface area contributed by atoms with Crippen LogP contribution in [0.15, 0.2) is 29.4 Å². The molecular weight excluding hydrogens is 254 g/mol. The number of hydrogen-bond acceptors (Lipinski definition) is 6. The molecule has 0 unspecified atom stereocenters. The molecule has 1 aromatic carbocycles. The molecule has 0 atom stereocenters. The molecule has 0 radical (unpaired) electrons. The highest BCUT2D eigenvalue weighted by molar-refractivity contribution is 7.99. The average Bonchev–Trinajstić information content (AvgIpc) is 2.84. The molecule has 1 heterocycles. The maximum atomic E-state index is 10.5. The molecule has 0 aliphatic heterocycles. The van der Waals surface area contributed by atoms with Crippen molar-refractivity contribution in [3.05, 3.63) is 29.8 Å². The zero-order valence-electron chi connectivity index (χ0n) is 9.02. The van der Waals surface area contributed by atoms with Gasteiger partial charge in [-0.2, -0.15) is 9.94 Å². The molecule has 18 heavy (non-hydrogen) atoms. The standard InChI is InChI=1S/C10H7N5O2S/c11-5-7-2-1-3-8(4-7)15-10(12-13-14-15)18-6-9(16)17/h1-4H,6H2,(H,16,17). The SMILES string of the molecule is N#Cc1cccc(-n2nnnc2SCC(=O)O)c1. The van der Waals surface area contributed by atoms with Gasteiger partial charge in [-0.05, 0) is 28.6 Å². The van der Waals surface area contributed by atoms with Crippen LogP contribution in [0.1, 0.15) is 5.56 Å². The molecule has 0 fully saturated rings. The zero-order chi connectivity index (χ0) is 13.0. The van der Waals surface area contributed by atoms with Crippen LogP contribution in [-0.4, -0.2) is 37.0 Å². The van der Waals surface area contributed by atoms with Gasteiger partial charge in [-0.15, -0.1) is 5.10 Å². The van der Waals surface area contributed by atoms with Crippen LogP contribution in [0.4, 0.5) is 0 Å². The lowest BCUT2D eigenvalue weighted by atomic mass is 10.2. The van der Waals surface area contributed by atoms with E-state index in [0.717, 1.165) is 11.8 Å². The first-order valence-corrected chi connectivity index (χ1v) is 5.83. The summed E-state index contributed by atoms with van der Waals surface area (Å²) >= 11 is 1.01. The first kappa shape index (κ1) is 12.1. The summed E-state index contributed by atoms with van der Waals surface area (Å²) in [5.74, 6) is -1.07. The van der Waals surface area contributed by atoms with E-state index in [0.29, 0.717) is 16.4 Å². The highest BCUT2D eigenvalue weighted by Crippen LogP contribution is 2.18. The molecule has 0 amide bonds. The van der Waals surface area contributed by atoms with Crippen LogP contribution in [0.3, 0.4) is 0 Å². The number of rotatable bonds is 4. The van der Waals surface area contributed by atoms with E-state index < -0.39 is 5.97 Å². The number of hydrogen-bond donors (Lipinski definition) is 1. The normalized spacial score (nSPS) is 9.94. The summed E-state index contributed by atoms with van der Waals surface area (Å²) in [4.78, 5) is 10.5. The van der Waals surface area contributed by atoms with E-state index in [4.69, 9.17) is 10.4 Å². The van der Waals surface area contributed by atoms with Gasteiger partial charge < -0.3 is 5.11 Å². The molecule has 0 aliphatic rings. The van der Waals surface area contributed by atoms with Gasteiger partial charge in [0.2, 0.25) is 5.16 Å². The van der Waals surface area contributed by atoms with E-state index in [1.54, 1.807) is 24.3 Å². The monoisotopic (exact) mass is 261 g/mol. The van der Waals surface area contributed by atoms with Gasteiger partial charge in [0.05, 0.1) is 23.1 Å². The van der Waals surface area contributed by atoms with Crippen molar-refractivity contribution in [1.82, 2.24) is 20.2 Å². The lowest BCUT2D eigenvalue weighted by molar-refractivity contribution is -0.133. The number of aliphatic carboxylic acids is 1. The summed E-state index contributed by atoms with van der Waals surface area (Å²) in [5.41, 5.74) is 1.10. The Morgan fingerprint density at radius 3 is 3.11 bits per heavy atom. The third-order valence-corrected chi connectivity index (χ3v) is 2.89. The Kier molecular flexibility index (Phi) is 3.54. The van der Waals surface area contributed by atoms with Gasteiger partial charge >= 0.3 is 5.97 Å². The van der Waals surface area contributed by atoms with E-state index in [1.165, 1.54) is 4.68 Å². The number of nitrogens with zero attached hydrogens (tertiary/aromatic N) is 5. The smallest absolute Gasteiger partial charge is 0.313 e. The molecule has 0 saturated carbocycles. The summed E-state index contributed by atoms with van der Waals surface area (Å²) in [7, 11) is 0. The fourth-order valence-corrected chi connectivity index (χ4v) is 1.88. The highest BCUT2D eigenvalue weighted by Gasteiger charge is 2.11. The number of carboxylic acids is 1. The van der Waals surface area contributed by atoms with E-state index in [9.17, 15) is 4.79 Å². The quantitative estimate of drug-likeness (QED) is 0.808. The Morgan fingerprint density at radius 2 is 2.39 bits per heavy atom. The minimum absolute atomic E-state index is 0.127. The topological polar surface area (TPSA) is 105 Å². The van der Waals surface area contributed by atoms with Crippen LogP contribution in [0, 0.1) is 11.3 Å². The first-order valence-electron chi connectivity index (χ1n) is 4.84. The number of tetrazole rings is 1. The fourth-order valence-electron chi connectivity index (χ4n) is 1.26. The Bertz CT molecular complexity index is 619. The lowest BCUT2D eigenvalue weighted by Gasteiger charge is -2.02. The van der Waals surface area contributed by atoms with E-state index in [2.05, 4.69) is 15.5 Å². The van der Waals surface area contributed by atoms with E-state index in [-0.39, 0.29) is 5.75 Å². The van der Waals surface area contributed by atoms with Crippen LogP contribution in [0.2, 0.25) is 0 Å². The van der Waals surface area contributed by atoms with Crippen molar-refractivity contribution in [2.75, 3.05) is 5.75 Å². The van der Waals surface area contributed by atoms with E-state index >= 15 is 0 Å². The molecular formula is C10H7N5O2S. The second-order valence-electron chi connectivity index (χ2n) is 3.22. The average molecular weight is 261 g/mol. The Morgan fingerprint density at radius 1 is 1.56 bits per heavy atom. The van der Waals surface area contributed by atoms with E-state index in [1.807, 2.05) is 6.07 Å². The first-order chi connectivity index (χ1) is 8.70. The van der Waals surface area contributed by atoms with Crippen LogP contribution in [0.25, 0.3) is 5.69 Å². The van der Waals surface area contributed by atoms with Crippen LogP contribution < -0.4 is 0 Å². The Labute approximate surface area is 106 Å². The number of nitriles is 1. The number of aromatic nitrogens is 4. The fraction of sp³-hybridized carbons (Fsp3) is 0.100. The molecule has 7 nitrogen and oxygen atoms in total. The Balaban J connectivity index is 2.30. The minimum Gasteiger partial charge on any atom is -0.481 e. The summed E-state index contributed by atoms with van der Waals surface area (Å²) in [6.07, 6.45) is 0. The molecule has 90 valence electrons. The molecule has 0 spiro atoms. The van der Waals surface area contributed by atoms with Crippen molar-refractivity contribution >= 4 is 17.7 Å². The molecule has 0 aliphatic carbocycles. The number of carbonyl (C=O) groups is 1. The number of carboxylic acid groups (broad SMARTS) is 1. The van der Waals surface area contributed by atoms with Crippen LogP contribution in [0.5, 0.6) is 0 Å². The predicted octanol–water partition coefficient (Wildman–Crippen LogP) is 0.711. The van der Waals surface area contributed by atoms with Crippen molar-refractivity contribution in [2.24, 2.45) is 0 Å². The maximum absolute atomic E-state index is 10.5. The van der Waals surface area contributed by atoms with Gasteiger partial charge in [0, 0.05) is 0 Å². The number of thioether (sulfide) groups is 1. The highest BCUT2D eigenvalue weighted by atomic mass is 32.2. The second-order valence-corrected chi connectivity index (χ2v) is 4.16. The van der Waals surface area contributed by atoms with Crippen LogP contribution >= 0.6 is 11.8 Å². The molecule has 1 N–H and O–H groups in total. The third-order valence-electron chi connectivity index (χ3n) is 1.99. The van der Waals surface area contributed by atoms with Gasteiger partial charge in [0.15, 0.2) is 0 Å². The molecule has 0 bridgehead atoms. The summed E-state index contributed by atoms with van der Waals surface area (Å²) < 4.78 is 1.40. The predicted molar refractivity (Wildman–Crippen MR) is 62.2 cm³/mol. The second kappa shape index (κ2) is 5.29. The van der Waals surface area contributed by atoms with Gasteiger partial charge in [-0.25, -0.2) is 0 Å². The summed E-state index contributed by atoms with van der Waals surface area (Å²) in [5, 5.41) is 28.8. The molecule has 2 rings (SSSR count). The Hall–Kier alpha value is -2.40. The summed E-state index contributed by atoms with van der Waals surface area (Å²) in [6, 6.07) is 8.75. The number of benzene rings is 1. The lowest BCUT2D eigenvalue weighted by Crippen LogP contribution is -2.03. The zero-order valence-corrected chi connectivity index (χ0v) is 9.83. The van der Waals surface area contributed by atoms with Gasteiger partial charge in [-0.3, -0.25) is 4.79 Å². The van der Waals surface area contributed by atoms with Crippen LogP contribution in [-0.2, 0) is 4.79 Å². The van der Waals surface area contributed by atoms with Gasteiger partial charge in [-0.1, -0.05) is 17.8 Å². The van der Waals surface area contributed by atoms with Gasteiger partial charge in [0.1, 0.15) is 0 Å². The minimum atomic E-state index is -0.944. The molecule has 2 aromatic rings. The van der Waals surface area contributed by atoms with Crippen molar-refractivity contribution in [1.29, 1.82) is 5.26 Å². The van der Waals surface area contributed by atoms with Crippen molar-refractivity contribution in [2.45, 2.75) is 5.16 Å². The van der Waals surface area contributed by atoms with Gasteiger partial charge in [0.25, 0.3) is 0 Å². The largest absolute Gasteiger partial charge is 0.481 e. The van der Waals surface area contributed by atoms with Crippen molar-refractivity contribution in [3.63, 3.8) is 0 Å². The molecule has 0 saturated heterocycles. The van der Waals surface area contributed by atoms with Crippen molar-refractivity contribution in [3.8, 4) is 11.8 Å². The third kappa shape index (κ3) is 2.64. The van der Waals surface area contributed by atoms with Crippen molar-refractivity contribution < 1.29 is 9.90 Å². The summed E-state index contributed by atoms with van der Waals surface area (Å²) in [6.45, 7) is 0. The molecule has 8 heteroatoms. The maximum Gasteiger partial charge on any atom is 0.313 e.